The van der Waals surface area contributed by atoms with Gasteiger partial charge in [0.1, 0.15) is 29.6 Å². The molecule has 1 aliphatic rings. The third-order valence-electron chi connectivity index (χ3n) is 7.46. The lowest BCUT2D eigenvalue weighted by atomic mass is 9.94. The third-order valence-corrected chi connectivity index (χ3v) is 7.46. The molecule has 208 valence electrons. The van der Waals surface area contributed by atoms with E-state index in [0.29, 0.717) is 22.6 Å². The number of carbonyl (C=O) groups is 2. The number of hydrogen-bond acceptors (Lipinski definition) is 6. The van der Waals surface area contributed by atoms with Crippen molar-refractivity contribution in [2.45, 2.75) is 57.3 Å². The maximum absolute atomic E-state index is 14.2. The molecule has 0 aliphatic heterocycles. The second-order valence-electron chi connectivity index (χ2n) is 10.1. The fourth-order valence-electron chi connectivity index (χ4n) is 5.39. The van der Waals surface area contributed by atoms with Crippen molar-refractivity contribution in [2.24, 2.45) is 0 Å². The summed E-state index contributed by atoms with van der Waals surface area (Å²) in [5, 5.41) is 11.7. The maximum atomic E-state index is 14.2. The number of carbonyl (C=O) groups excluding carboxylic acids is 2. The standard InChI is InChI=1S/C31H35N5O4/c1-39-24-17-18-28(40-2)25(19-24)30(31(38)32-23-13-7-4-8-14-23)35(20-22-11-5-3-6-12-22)29(37)21-36-27-16-10-9-15-26(27)33-34-36/h3,5-6,9-12,15-19,23,30H,4,7-8,13-14,20-21H2,1-2H3,(H,32,38)/t30-/m0/s1. The number of hydrogen-bond donors (Lipinski definition) is 1. The predicted octanol–water partition coefficient (Wildman–Crippen LogP) is 4.67. The van der Waals surface area contributed by atoms with Crippen molar-refractivity contribution in [3.8, 4) is 11.5 Å². The molecule has 5 rings (SSSR count). The highest BCUT2D eigenvalue weighted by atomic mass is 16.5. The Balaban J connectivity index is 1.58. The Labute approximate surface area is 234 Å². The number of methoxy groups -OCH3 is 2. The Morgan fingerprint density at radius 2 is 1.73 bits per heavy atom. The molecule has 9 nitrogen and oxygen atoms in total. The lowest BCUT2D eigenvalue weighted by molar-refractivity contribution is -0.142. The first-order valence-electron chi connectivity index (χ1n) is 13.7. The number of para-hydroxylation sites is 1. The molecule has 9 heteroatoms. The van der Waals surface area contributed by atoms with Gasteiger partial charge in [0.15, 0.2) is 0 Å². The molecule has 1 saturated carbocycles. The van der Waals surface area contributed by atoms with E-state index >= 15 is 0 Å². The first-order chi connectivity index (χ1) is 19.6. The van der Waals surface area contributed by atoms with Crippen molar-refractivity contribution < 1.29 is 19.1 Å². The zero-order valence-electron chi connectivity index (χ0n) is 23.0. The SMILES string of the molecule is COc1ccc(OC)c([C@@H](C(=O)NC2CCCCC2)N(Cc2ccccc2)C(=O)Cn2nnc3ccccc32)c1. The summed E-state index contributed by atoms with van der Waals surface area (Å²) in [4.78, 5) is 30.0. The molecule has 2 amide bonds. The van der Waals surface area contributed by atoms with Gasteiger partial charge in [0, 0.05) is 18.2 Å². The molecule has 0 spiro atoms. The smallest absolute Gasteiger partial charge is 0.247 e. The Morgan fingerprint density at radius 3 is 2.48 bits per heavy atom. The molecular weight excluding hydrogens is 506 g/mol. The number of amides is 2. The predicted molar refractivity (Wildman–Crippen MR) is 152 cm³/mol. The minimum atomic E-state index is -0.963. The molecule has 0 unspecified atom stereocenters. The molecule has 1 fully saturated rings. The zero-order valence-corrected chi connectivity index (χ0v) is 23.0. The van der Waals surface area contributed by atoms with Crippen LogP contribution in [0.25, 0.3) is 11.0 Å². The monoisotopic (exact) mass is 541 g/mol. The molecule has 1 aliphatic carbocycles. The van der Waals surface area contributed by atoms with Crippen LogP contribution in [0.5, 0.6) is 11.5 Å². The number of fused-ring (bicyclic) bond motifs is 1. The summed E-state index contributed by atoms with van der Waals surface area (Å²) in [6.45, 7) is 0.141. The van der Waals surface area contributed by atoms with Crippen molar-refractivity contribution in [1.82, 2.24) is 25.2 Å². The van der Waals surface area contributed by atoms with Crippen molar-refractivity contribution >= 4 is 22.8 Å². The van der Waals surface area contributed by atoms with Crippen LogP contribution in [-0.4, -0.2) is 52.0 Å². The minimum absolute atomic E-state index is 0.0632. The van der Waals surface area contributed by atoms with E-state index < -0.39 is 6.04 Å². The van der Waals surface area contributed by atoms with Crippen molar-refractivity contribution in [3.05, 3.63) is 83.9 Å². The van der Waals surface area contributed by atoms with E-state index in [1.54, 1.807) is 42.0 Å². The first kappa shape index (κ1) is 27.2. The summed E-state index contributed by atoms with van der Waals surface area (Å²) in [7, 11) is 3.14. The summed E-state index contributed by atoms with van der Waals surface area (Å²) in [5.74, 6) is 0.557. The first-order valence-corrected chi connectivity index (χ1v) is 13.7. The Kier molecular flexibility index (Phi) is 8.59. The van der Waals surface area contributed by atoms with Crippen LogP contribution in [0.15, 0.2) is 72.8 Å². The molecule has 1 N–H and O–H groups in total. The fourth-order valence-corrected chi connectivity index (χ4v) is 5.39. The molecule has 3 aromatic carbocycles. The van der Waals surface area contributed by atoms with Gasteiger partial charge in [-0.15, -0.1) is 5.10 Å². The number of benzene rings is 3. The van der Waals surface area contributed by atoms with E-state index in [1.807, 2.05) is 54.6 Å². The highest BCUT2D eigenvalue weighted by molar-refractivity contribution is 5.90. The molecule has 0 bridgehead atoms. The lowest BCUT2D eigenvalue weighted by Gasteiger charge is -2.34. The molecule has 1 aromatic heterocycles. The number of aromatic nitrogens is 3. The van der Waals surface area contributed by atoms with Gasteiger partial charge >= 0.3 is 0 Å². The fraction of sp³-hybridized carbons (Fsp3) is 0.355. The van der Waals surface area contributed by atoms with Crippen LogP contribution in [0, 0.1) is 0 Å². The van der Waals surface area contributed by atoms with E-state index in [-0.39, 0.29) is 30.9 Å². The summed E-state index contributed by atoms with van der Waals surface area (Å²) in [5.41, 5.74) is 2.91. The molecule has 0 radical (unpaired) electrons. The van der Waals surface area contributed by atoms with Gasteiger partial charge in [-0.3, -0.25) is 9.59 Å². The number of ether oxygens (including phenoxy) is 2. The van der Waals surface area contributed by atoms with Crippen LogP contribution in [0.2, 0.25) is 0 Å². The van der Waals surface area contributed by atoms with Crippen LogP contribution in [0.1, 0.15) is 49.3 Å². The lowest BCUT2D eigenvalue weighted by Crippen LogP contribution is -2.47. The second kappa shape index (κ2) is 12.6. The van der Waals surface area contributed by atoms with Gasteiger partial charge in [-0.1, -0.05) is 66.9 Å². The Hall–Kier alpha value is -4.40. The normalized spacial score (nSPS) is 14.4. The molecule has 40 heavy (non-hydrogen) atoms. The van der Waals surface area contributed by atoms with Crippen molar-refractivity contribution in [3.63, 3.8) is 0 Å². The highest BCUT2D eigenvalue weighted by Gasteiger charge is 2.35. The van der Waals surface area contributed by atoms with E-state index in [0.717, 1.165) is 36.8 Å². The van der Waals surface area contributed by atoms with Gasteiger partial charge in [0.2, 0.25) is 11.8 Å². The average Bonchev–Trinajstić information content (AvgIpc) is 3.40. The number of rotatable bonds is 10. The van der Waals surface area contributed by atoms with E-state index in [1.165, 1.54) is 6.42 Å². The van der Waals surface area contributed by atoms with Gasteiger partial charge in [-0.25, -0.2) is 4.68 Å². The van der Waals surface area contributed by atoms with Gasteiger partial charge < -0.3 is 19.7 Å². The topological polar surface area (TPSA) is 98.6 Å². The van der Waals surface area contributed by atoms with Gasteiger partial charge in [0.25, 0.3) is 0 Å². The highest BCUT2D eigenvalue weighted by Crippen LogP contribution is 2.35. The minimum Gasteiger partial charge on any atom is -0.497 e. The zero-order chi connectivity index (χ0) is 27.9. The van der Waals surface area contributed by atoms with E-state index in [2.05, 4.69) is 15.6 Å². The number of nitrogens with one attached hydrogen (secondary N) is 1. The summed E-state index contributed by atoms with van der Waals surface area (Å²) in [6.07, 6.45) is 5.16. The second-order valence-corrected chi connectivity index (χ2v) is 10.1. The Bertz CT molecular complexity index is 1450. The largest absolute Gasteiger partial charge is 0.497 e. The van der Waals surface area contributed by atoms with Gasteiger partial charge in [0.05, 0.1) is 19.7 Å². The maximum Gasteiger partial charge on any atom is 0.247 e. The average molecular weight is 542 g/mol. The van der Waals surface area contributed by atoms with Crippen LogP contribution in [0.4, 0.5) is 0 Å². The quantitative estimate of drug-likeness (QED) is 0.313. The summed E-state index contributed by atoms with van der Waals surface area (Å²) >= 11 is 0. The Morgan fingerprint density at radius 1 is 0.975 bits per heavy atom. The van der Waals surface area contributed by atoms with E-state index in [4.69, 9.17) is 9.47 Å². The summed E-state index contributed by atoms with van der Waals surface area (Å²) in [6, 6.07) is 21.6. The third kappa shape index (κ3) is 6.09. The van der Waals surface area contributed by atoms with E-state index in [9.17, 15) is 9.59 Å². The molecule has 4 aromatic rings. The van der Waals surface area contributed by atoms with Crippen molar-refractivity contribution in [1.29, 1.82) is 0 Å². The van der Waals surface area contributed by atoms with Crippen LogP contribution < -0.4 is 14.8 Å². The van der Waals surface area contributed by atoms with Crippen molar-refractivity contribution in [2.75, 3.05) is 14.2 Å². The molecule has 0 saturated heterocycles. The number of nitrogens with zero attached hydrogens (tertiary/aromatic N) is 4. The van der Waals surface area contributed by atoms with Crippen LogP contribution >= 0.6 is 0 Å². The molecular formula is C31H35N5O4. The van der Waals surface area contributed by atoms with Gasteiger partial charge in [-0.05, 0) is 48.7 Å². The molecule has 1 heterocycles. The van der Waals surface area contributed by atoms with Crippen LogP contribution in [-0.2, 0) is 22.7 Å². The van der Waals surface area contributed by atoms with Crippen LogP contribution in [0.3, 0.4) is 0 Å². The van der Waals surface area contributed by atoms with Gasteiger partial charge in [-0.2, -0.15) is 0 Å². The molecule has 1 atom stereocenters. The summed E-state index contributed by atoms with van der Waals surface area (Å²) < 4.78 is 12.8.